The highest BCUT2D eigenvalue weighted by Crippen LogP contribution is 2.27. The zero-order chi connectivity index (χ0) is 16.1. The van der Waals surface area contributed by atoms with Gasteiger partial charge in [0.05, 0.1) is 11.8 Å². The normalized spacial score (nSPS) is 16.3. The molecule has 2 rings (SSSR count). The van der Waals surface area contributed by atoms with E-state index in [1.54, 1.807) is 0 Å². The third-order valence-electron chi connectivity index (χ3n) is 3.80. The second kappa shape index (κ2) is 7.56. The van der Waals surface area contributed by atoms with Crippen LogP contribution in [-0.4, -0.2) is 29.6 Å². The first-order valence-corrected chi connectivity index (χ1v) is 7.57. The minimum absolute atomic E-state index is 0.00888. The molecule has 120 valence electrons. The number of hydrogen-bond donors (Lipinski definition) is 3. The molecule has 1 aliphatic carbocycles. The Morgan fingerprint density at radius 1 is 1.32 bits per heavy atom. The Morgan fingerprint density at radius 3 is 2.68 bits per heavy atom. The summed E-state index contributed by atoms with van der Waals surface area (Å²) in [6.45, 7) is 0.00888. The van der Waals surface area contributed by atoms with Crippen molar-refractivity contribution >= 4 is 29.1 Å². The molecule has 1 fully saturated rings. The van der Waals surface area contributed by atoms with Crippen molar-refractivity contribution in [1.29, 1.82) is 0 Å². The molecule has 5 nitrogen and oxygen atoms in total. The summed E-state index contributed by atoms with van der Waals surface area (Å²) in [6.07, 6.45) is 3.34. The van der Waals surface area contributed by atoms with Crippen molar-refractivity contribution in [1.82, 2.24) is 5.32 Å². The predicted octanol–water partition coefficient (Wildman–Crippen LogP) is 2.08. The van der Waals surface area contributed by atoms with E-state index in [0.717, 1.165) is 31.7 Å². The summed E-state index contributed by atoms with van der Waals surface area (Å²) in [5, 5.41) is 14.7. The number of carbonyl (C=O) groups is 2. The summed E-state index contributed by atoms with van der Waals surface area (Å²) in [5.41, 5.74) is -0.163. The quantitative estimate of drug-likeness (QED) is 0.740. The Labute approximate surface area is 132 Å². The molecule has 1 saturated carbocycles. The van der Waals surface area contributed by atoms with Gasteiger partial charge in [0, 0.05) is 11.6 Å². The second-order valence-corrected chi connectivity index (χ2v) is 5.84. The van der Waals surface area contributed by atoms with Crippen LogP contribution in [0.5, 0.6) is 0 Å². The Morgan fingerprint density at radius 2 is 2.00 bits per heavy atom. The maximum atomic E-state index is 13.5. The average molecular weight is 329 g/mol. The van der Waals surface area contributed by atoms with Crippen LogP contribution in [0.4, 0.5) is 10.1 Å². The highest BCUT2D eigenvalue weighted by Gasteiger charge is 2.24. The van der Waals surface area contributed by atoms with Crippen molar-refractivity contribution in [2.45, 2.75) is 31.8 Å². The van der Waals surface area contributed by atoms with Crippen molar-refractivity contribution in [3.63, 3.8) is 0 Å². The van der Waals surface area contributed by atoms with Gasteiger partial charge in [0.1, 0.15) is 5.82 Å². The van der Waals surface area contributed by atoms with Gasteiger partial charge >= 0.3 is 11.8 Å². The molecule has 1 aromatic carbocycles. The first-order valence-electron chi connectivity index (χ1n) is 7.19. The maximum absolute atomic E-state index is 13.5. The van der Waals surface area contributed by atoms with Crippen LogP contribution in [0.1, 0.15) is 25.7 Å². The lowest BCUT2D eigenvalue weighted by Crippen LogP contribution is -2.41. The summed E-state index contributed by atoms with van der Waals surface area (Å²) in [5.74, 6) is -2.44. The molecule has 3 N–H and O–H groups in total. The van der Waals surface area contributed by atoms with Crippen molar-refractivity contribution < 1.29 is 19.1 Å². The summed E-state index contributed by atoms with van der Waals surface area (Å²) in [4.78, 5) is 23.4. The van der Waals surface area contributed by atoms with E-state index in [9.17, 15) is 19.1 Å². The van der Waals surface area contributed by atoms with Crippen LogP contribution in [-0.2, 0) is 9.59 Å². The molecule has 1 aliphatic rings. The van der Waals surface area contributed by atoms with Gasteiger partial charge in [-0.15, -0.1) is 0 Å². The van der Waals surface area contributed by atoms with Crippen molar-refractivity contribution in [2.75, 3.05) is 11.9 Å². The smallest absolute Gasteiger partial charge is 0.313 e. The minimum Gasteiger partial charge on any atom is -0.391 e. The van der Waals surface area contributed by atoms with Crippen LogP contribution < -0.4 is 10.6 Å². The summed E-state index contributed by atoms with van der Waals surface area (Å²) >= 11 is 5.70. The first-order chi connectivity index (χ1) is 10.5. The number of halogens is 2. The standard InChI is InChI=1S/C15H18ClFN2O3/c16-10-5-6-11(17)12(7-10)19-15(22)14(21)18-8-13(20)9-3-1-2-4-9/h5-7,9,13,20H,1-4,8H2,(H,18,21)(H,19,22). The van der Waals surface area contributed by atoms with Crippen LogP contribution in [0.2, 0.25) is 5.02 Å². The Hall–Kier alpha value is -1.66. The fourth-order valence-corrected chi connectivity index (χ4v) is 2.73. The molecule has 7 heteroatoms. The molecule has 1 aromatic rings. The largest absolute Gasteiger partial charge is 0.391 e. The van der Waals surface area contributed by atoms with Gasteiger partial charge in [0.25, 0.3) is 0 Å². The van der Waals surface area contributed by atoms with E-state index in [1.165, 1.54) is 12.1 Å². The van der Waals surface area contributed by atoms with Gasteiger partial charge in [0.15, 0.2) is 0 Å². The fourth-order valence-electron chi connectivity index (χ4n) is 2.56. The van der Waals surface area contributed by atoms with E-state index in [2.05, 4.69) is 10.6 Å². The second-order valence-electron chi connectivity index (χ2n) is 5.40. The number of benzene rings is 1. The van der Waals surface area contributed by atoms with Crippen LogP contribution >= 0.6 is 11.6 Å². The molecular formula is C15H18ClFN2O3. The Balaban J connectivity index is 1.84. The lowest BCUT2D eigenvalue weighted by Gasteiger charge is -2.17. The zero-order valence-corrected chi connectivity index (χ0v) is 12.7. The van der Waals surface area contributed by atoms with Crippen molar-refractivity contribution in [2.24, 2.45) is 5.92 Å². The monoisotopic (exact) mass is 328 g/mol. The highest BCUT2D eigenvalue weighted by molar-refractivity contribution is 6.39. The molecule has 2 amide bonds. The molecule has 0 radical (unpaired) electrons. The minimum atomic E-state index is -1.00. The van der Waals surface area contributed by atoms with Crippen LogP contribution in [0, 0.1) is 11.7 Å². The number of aliphatic hydroxyl groups excluding tert-OH is 1. The molecule has 0 heterocycles. The Kier molecular flexibility index (Phi) is 5.74. The van der Waals surface area contributed by atoms with Crippen molar-refractivity contribution in [3.05, 3.63) is 29.0 Å². The third kappa shape index (κ3) is 4.42. The van der Waals surface area contributed by atoms with E-state index in [1.807, 2.05) is 0 Å². The fraction of sp³-hybridized carbons (Fsp3) is 0.467. The number of amides is 2. The molecule has 1 unspecified atom stereocenters. The predicted molar refractivity (Wildman–Crippen MR) is 81.0 cm³/mol. The molecule has 0 spiro atoms. The van der Waals surface area contributed by atoms with Gasteiger partial charge < -0.3 is 15.7 Å². The number of carbonyl (C=O) groups excluding carboxylic acids is 2. The number of nitrogens with one attached hydrogen (secondary N) is 2. The molecule has 0 aromatic heterocycles. The Bertz CT molecular complexity index is 562. The lowest BCUT2D eigenvalue weighted by atomic mass is 10.0. The van der Waals surface area contributed by atoms with Gasteiger partial charge in [-0.25, -0.2) is 4.39 Å². The van der Waals surface area contributed by atoms with Crippen LogP contribution in [0.3, 0.4) is 0 Å². The van der Waals surface area contributed by atoms with Gasteiger partial charge in [-0.3, -0.25) is 9.59 Å². The first kappa shape index (κ1) is 16.7. The summed E-state index contributed by atoms with van der Waals surface area (Å²) in [6, 6.07) is 3.65. The van der Waals surface area contributed by atoms with Gasteiger partial charge in [0.2, 0.25) is 0 Å². The molecule has 0 aliphatic heterocycles. The van der Waals surface area contributed by atoms with E-state index < -0.39 is 23.7 Å². The van der Waals surface area contributed by atoms with E-state index in [-0.39, 0.29) is 23.2 Å². The summed E-state index contributed by atoms with van der Waals surface area (Å²) < 4.78 is 13.5. The number of hydrogen-bond acceptors (Lipinski definition) is 3. The third-order valence-corrected chi connectivity index (χ3v) is 4.03. The summed E-state index contributed by atoms with van der Waals surface area (Å²) in [7, 11) is 0. The molecule has 0 saturated heterocycles. The highest BCUT2D eigenvalue weighted by atomic mass is 35.5. The average Bonchev–Trinajstić information content (AvgIpc) is 3.02. The van der Waals surface area contributed by atoms with E-state index in [4.69, 9.17) is 11.6 Å². The molecule has 0 bridgehead atoms. The maximum Gasteiger partial charge on any atom is 0.313 e. The van der Waals surface area contributed by atoms with Crippen LogP contribution in [0.15, 0.2) is 18.2 Å². The van der Waals surface area contributed by atoms with Gasteiger partial charge in [-0.1, -0.05) is 24.4 Å². The molecule has 1 atom stereocenters. The van der Waals surface area contributed by atoms with Gasteiger partial charge in [-0.05, 0) is 37.0 Å². The lowest BCUT2D eigenvalue weighted by molar-refractivity contribution is -0.136. The number of anilines is 1. The number of rotatable bonds is 4. The van der Waals surface area contributed by atoms with Crippen molar-refractivity contribution in [3.8, 4) is 0 Å². The van der Waals surface area contributed by atoms with Gasteiger partial charge in [-0.2, -0.15) is 0 Å². The molecule has 22 heavy (non-hydrogen) atoms. The SMILES string of the molecule is O=C(NCC(O)C1CCCC1)C(=O)Nc1cc(Cl)ccc1F. The zero-order valence-electron chi connectivity index (χ0n) is 11.9. The van der Waals surface area contributed by atoms with E-state index in [0.29, 0.717) is 0 Å². The van der Waals surface area contributed by atoms with Crippen LogP contribution in [0.25, 0.3) is 0 Å². The van der Waals surface area contributed by atoms with E-state index >= 15 is 0 Å². The molecular weight excluding hydrogens is 311 g/mol. The topological polar surface area (TPSA) is 78.4 Å². The number of aliphatic hydroxyl groups is 1.